The summed E-state index contributed by atoms with van der Waals surface area (Å²) in [7, 11) is 1.33. The van der Waals surface area contributed by atoms with E-state index in [1.165, 1.54) is 25.3 Å². The first-order chi connectivity index (χ1) is 9.82. The van der Waals surface area contributed by atoms with Crippen LogP contribution in [0, 0.1) is 0 Å². The van der Waals surface area contributed by atoms with Gasteiger partial charge in [-0.3, -0.25) is 4.79 Å². The number of carbonyl (C=O) groups excluding carboxylic acids is 1. The summed E-state index contributed by atoms with van der Waals surface area (Å²) >= 11 is 5.75. The highest BCUT2D eigenvalue weighted by Gasteiger charge is 2.33. The average molecular weight is 319 g/mol. The van der Waals surface area contributed by atoms with Crippen LogP contribution in [0.15, 0.2) is 24.3 Å². The summed E-state index contributed by atoms with van der Waals surface area (Å²) in [5, 5.41) is 2.45. The number of carbonyl (C=O) groups is 1. The molecule has 1 aromatic heterocycles. The van der Waals surface area contributed by atoms with Crippen molar-refractivity contribution in [2.24, 2.45) is 0 Å². The number of rotatable bonds is 3. The summed E-state index contributed by atoms with van der Waals surface area (Å²) in [6, 6.07) is 4.87. The minimum Gasteiger partial charge on any atom is -0.375 e. The fraction of sp³-hybridized carbons (Fsp3) is 0.231. The second-order valence-electron chi connectivity index (χ2n) is 4.17. The Hall–Kier alpha value is -1.86. The highest BCUT2D eigenvalue weighted by atomic mass is 35.5. The number of alkyl halides is 3. The third kappa shape index (κ3) is 3.43. The summed E-state index contributed by atoms with van der Waals surface area (Å²) in [6.45, 7) is -0.222. The van der Waals surface area contributed by atoms with Crippen molar-refractivity contribution in [3.63, 3.8) is 0 Å². The molecule has 8 heteroatoms. The summed E-state index contributed by atoms with van der Waals surface area (Å²) in [5.41, 5.74) is -1.08. The van der Waals surface area contributed by atoms with Crippen LogP contribution >= 0.6 is 11.6 Å². The largest absolute Gasteiger partial charge is 0.418 e. The lowest BCUT2D eigenvalue weighted by atomic mass is 10.1. The first-order valence-electron chi connectivity index (χ1n) is 5.78. The molecule has 0 fully saturated rings. The number of nitrogens with zero attached hydrogens (tertiary/aromatic N) is 1. The maximum atomic E-state index is 13.0. The summed E-state index contributed by atoms with van der Waals surface area (Å²) in [5.74, 6) is -0.501. The summed E-state index contributed by atoms with van der Waals surface area (Å²) in [6.07, 6.45) is -4.56. The van der Waals surface area contributed by atoms with Gasteiger partial charge in [-0.25, -0.2) is 4.98 Å². The van der Waals surface area contributed by atoms with E-state index >= 15 is 0 Å². The third-order valence-corrected chi connectivity index (χ3v) is 2.86. The van der Waals surface area contributed by atoms with Gasteiger partial charge in [-0.1, -0.05) is 23.7 Å². The van der Waals surface area contributed by atoms with Gasteiger partial charge in [-0.15, -0.1) is 0 Å². The number of benzene rings is 1. The van der Waals surface area contributed by atoms with Crippen LogP contribution in [0.4, 0.5) is 18.9 Å². The van der Waals surface area contributed by atoms with Crippen LogP contribution in [0.5, 0.6) is 0 Å². The van der Waals surface area contributed by atoms with Crippen LogP contribution < -0.4 is 5.32 Å². The monoisotopic (exact) mass is 318 g/mol. The average Bonchev–Trinajstić information content (AvgIpc) is 2.36. The molecule has 4 nitrogen and oxygen atoms in total. The second-order valence-corrected chi connectivity index (χ2v) is 4.56. The molecule has 2 rings (SSSR count). The third-order valence-electron chi connectivity index (χ3n) is 2.66. The van der Waals surface area contributed by atoms with E-state index in [-0.39, 0.29) is 28.4 Å². The number of hydrogen-bond donors (Lipinski definition) is 1. The van der Waals surface area contributed by atoms with Crippen molar-refractivity contribution >= 4 is 34.1 Å². The van der Waals surface area contributed by atoms with Crippen LogP contribution in [-0.2, 0) is 15.7 Å². The van der Waals surface area contributed by atoms with E-state index in [4.69, 9.17) is 11.6 Å². The number of nitrogens with one attached hydrogen (secondary N) is 1. The standard InChI is InChI=1S/C13H10ClF3N2O2/c1-21-6-11(20)18-9-5-10(14)19-12-7(9)3-2-4-8(12)13(15,16)17/h2-5H,6H2,1H3,(H,18,19,20). The lowest BCUT2D eigenvalue weighted by Gasteiger charge is -2.13. The molecule has 21 heavy (non-hydrogen) atoms. The predicted octanol–water partition coefficient (Wildman–Crippen LogP) is 3.49. The number of ether oxygens (including phenoxy) is 1. The van der Waals surface area contributed by atoms with Gasteiger partial charge in [0.05, 0.1) is 16.8 Å². The van der Waals surface area contributed by atoms with Crippen molar-refractivity contribution < 1.29 is 22.7 Å². The van der Waals surface area contributed by atoms with Gasteiger partial charge in [-0.05, 0) is 12.1 Å². The smallest absolute Gasteiger partial charge is 0.375 e. The van der Waals surface area contributed by atoms with Gasteiger partial charge in [-0.2, -0.15) is 13.2 Å². The Morgan fingerprint density at radius 1 is 1.43 bits per heavy atom. The molecule has 1 amide bonds. The first-order valence-corrected chi connectivity index (χ1v) is 6.16. The summed E-state index contributed by atoms with van der Waals surface area (Å²) in [4.78, 5) is 15.2. The first kappa shape index (κ1) is 15.5. The zero-order valence-electron chi connectivity index (χ0n) is 10.8. The molecule has 0 unspecified atom stereocenters. The fourth-order valence-corrected chi connectivity index (χ4v) is 2.06. The van der Waals surface area contributed by atoms with Gasteiger partial charge in [0.15, 0.2) is 0 Å². The van der Waals surface area contributed by atoms with Gasteiger partial charge < -0.3 is 10.1 Å². The molecule has 112 valence electrons. The van der Waals surface area contributed by atoms with Crippen LogP contribution in [0.1, 0.15) is 5.56 Å². The zero-order valence-corrected chi connectivity index (χ0v) is 11.5. The van der Waals surface area contributed by atoms with E-state index in [1.54, 1.807) is 0 Å². The molecule has 0 atom stereocenters. The van der Waals surface area contributed by atoms with Crippen LogP contribution in [0.25, 0.3) is 10.9 Å². The van der Waals surface area contributed by atoms with Crippen LogP contribution in [0.3, 0.4) is 0 Å². The topological polar surface area (TPSA) is 51.2 Å². The molecule has 1 aromatic carbocycles. The van der Waals surface area contributed by atoms with Gasteiger partial charge in [0.25, 0.3) is 0 Å². The molecule has 0 bridgehead atoms. The maximum Gasteiger partial charge on any atom is 0.418 e. The Labute approximate surface area is 122 Å². The zero-order chi connectivity index (χ0) is 15.6. The number of pyridine rings is 1. The van der Waals surface area contributed by atoms with Crippen molar-refractivity contribution in [2.45, 2.75) is 6.18 Å². The molecule has 0 aliphatic carbocycles. The van der Waals surface area contributed by atoms with E-state index in [0.29, 0.717) is 0 Å². The Morgan fingerprint density at radius 3 is 2.76 bits per heavy atom. The number of hydrogen-bond acceptors (Lipinski definition) is 3. The normalized spacial score (nSPS) is 11.7. The Balaban J connectivity index is 2.60. The Morgan fingerprint density at radius 2 is 2.14 bits per heavy atom. The number of methoxy groups -OCH3 is 1. The van der Waals surface area contributed by atoms with Gasteiger partial charge in [0, 0.05) is 12.5 Å². The predicted molar refractivity (Wildman–Crippen MR) is 72.3 cm³/mol. The molecule has 0 aliphatic heterocycles. The van der Waals surface area contributed by atoms with Gasteiger partial charge in [0.2, 0.25) is 5.91 Å². The highest BCUT2D eigenvalue weighted by Crippen LogP contribution is 2.36. The van der Waals surface area contributed by atoms with E-state index in [9.17, 15) is 18.0 Å². The van der Waals surface area contributed by atoms with Crippen molar-refractivity contribution in [1.82, 2.24) is 4.98 Å². The molecule has 0 radical (unpaired) electrons. The molecule has 1 heterocycles. The lowest BCUT2D eigenvalue weighted by molar-refractivity contribution is -0.136. The Bertz CT molecular complexity index is 689. The number of amides is 1. The minimum absolute atomic E-state index is 0.146. The van der Waals surface area contributed by atoms with Crippen molar-refractivity contribution in [3.05, 3.63) is 35.0 Å². The molecular weight excluding hydrogens is 309 g/mol. The number of anilines is 1. The van der Waals surface area contributed by atoms with Crippen molar-refractivity contribution in [1.29, 1.82) is 0 Å². The van der Waals surface area contributed by atoms with Crippen molar-refractivity contribution in [3.8, 4) is 0 Å². The minimum atomic E-state index is -4.56. The maximum absolute atomic E-state index is 13.0. The summed E-state index contributed by atoms with van der Waals surface area (Å²) < 4.78 is 43.6. The molecule has 0 saturated carbocycles. The van der Waals surface area contributed by atoms with E-state index in [0.717, 1.165) is 6.07 Å². The lowest BCUT2D eigenvalue weighted by Crippen LogP contribution is -2.17. The molecular formula is C13H10ClF3N2O2. The van der Waals surface area contributed by atoms with E-state index in [1.807, 2.05) is 0 Å². The van der Waals surface area contributed by atoms with E-state index in [2.05, 4.69) is 15.0 Å². The molecule has 0 spiro atoms. The van der Waals surface area contributed by atoms with Crippen molar-refractivity contribution in [2.75, 3.05) is 19.0 Å². The van der Waals surface area contributed by atoms with Crippen LogP contribution in [0.2, 0.25) is 5.15 Å². The number of fused-ring (bicyclic) bond motifs is 1. The number of halogens is 4. The van der Waals surface area contributed by atoms with E-state index < -0.39 is 17.6 Å². The molecule has 1 N–H and O–H groups in total. The fourth-order valence-electron chi connectivity index (χ4n) is 1.87. The molecule has 0 aliphatic rings. The molecule has 0 saturated heterocycles. The second kappa shape index (κ2) is 5.87. The van der Waals surface area contributed by atoms with Crippen LogP contribution in [-0.4, -0.2) is 24.6 Å². The quantitative estimate of drug-likeness (QED) is 0.881. The van der Waals surface area contributed by atoms with Gasteiger partial charge >= 0.3 is 6.18 Å². The SMILES string of the molecule is COCC(=O)Nc1cc(Cl)nc2c(C(F)(F)F)cccc12. The number of para-hydroxylation sites is 1. The Kier molecular flexibility index (Phi) is 4.34. The van der Waals surface area contributed by atoms with Gasteiger partial charge in [0.1, 0.15) is 11.8 Å². The molecule has 2 aromatic rings. The number of aromatic nitrogens is 1. The highest BCUT2D eigenvalue weighted by molar-refractivity contribution is 6.30.